The maximum absolute atomic E-state index is 12.8. The number of carbonyl (C=O) groups excluding carboxylic acids is 2. The summed E-state index contributed by atoms with van der Waals surface area (Å²) < 4.78 is 5.49. The number of carbonyl (C=O) groups is 3. The highest BCUT2D eigenvalue weighted by Crippen LogP contribution is 2.35. The number of carboxylic acid groups (broad SMARTS) is 1. The van der Waals surface area contributed by atoms with Crippen LogP contribution in [0.15, 0.2) is 59.3 Å². The highest BCUT2D eigenvalue weighted by atomic mass is 35.5. The van der Waals surface area contributed by atoms with E-state index in [0.29, 0.717) is 23.7 Å². The number of nitrogens with zero attached hydrogens (tertiary/aromatic N) is 1. The molecule has 0 atom stereocenters. The molecule has 8 heteroatoms. The van der Waals surface area contributed by atoms with E-state index in [4.69, 9.17) is 21.4 Å². The van der Waals surface area contributed by atoms with E-state index in [1.807, 2.05) is 0 Å². The molecule has 1 aliphatic rings. The lowest BCUT2D eigenvalue weighted by atomic mass is 10.2. The average Bonchev–Trinajstić information content (AvgIpc) is 2.86. The second-order valence-electron chi connectivity index (χ2n) is 5.54. The molecule has 2 N–H and O–H groups in total. The number of carboxylic acids is 1. The van der Waals surface area contributed by atoms with Crippen LogP contribution in [0.1, 0.15) is 17.3 Å². The van der Waals surface area contributed by atoms with Crippen molar-refractivity contribution in [2.45, 2.75) is 6.92 Å². The van der Waals surface area contributed by atoms with Gasteiger partial charge in [-0.1, -0.05) is 23.7 Å². The van der Waals surface area contributed by atoms with Gasteiger partial charge in [0.25, 0.3) is 11.8 Å². The topological polar surface area (TPSA) is 95.9 Å². The molecule has 0 bridgehead atoms. The van der Waals surface area contributed by atoms with E-state index in [-0.39, 0.29) is 16.3 Å². The number of halogens is 1. The van der Waals surface area contributed by atoms with Crippen LogP contribution in [0.2, 0.25) is 0 Å². The summed E-state index contributed by atoms with van der Waals surface area (Å²) in [5, 5.41) is 11.5. The van der Waals surface area contributed by atoms with Crippen LogP contribution >= 0.6 is 11.6 Å². The molecule has 2 aromatic rings. The Kier molecular flexibility index (Phi) is 5.14. The third-order valence-corrected chi connectivity index (χ3v) is 4.19. The van der Waals surface area contributed by atoms with Gasteiger partial charge >= 0.3 is 5.97 Å². The molecule has 2 aromatic carbocycles. The van der Waals surface area contributed by atoms with Crippen molar-refractivity contribution in [3.05, 3.63) is 64.8 Å². The van der Waals surface area contributed by atoms with Gasteiger partial charge in [0.05, 0.1) is 17.9 Å². The Hall–Kier alpha value is -3.32. The Morgan fingerprint density at radius 3 is 2.41 bits per heavy atom. The van der Waals surface area contributed by atoms with Gasteiger partial charge in [0, 0.05) is 5.69 Å². The van der Waals surface area contributed by atoms with Crippen molar-refractivity contribution in [1.82, 2.24) is 0 Å². The summed E-state index contributed by atoms with van der Waals surface area (Å²) >= 11 is 6.10. The minimum atomic E-state index is -1.07. The van der Waals surface area contributed by atoms with Crippen LogP contribution in [-0.4, -0.2) is 29.5 Å². The highest BCUT2D eigenvalue weighted by molar-refractivity contribution is 6.53. The summed E-state index contributed by atoms with van der Waals surface area (Å²) in [6, 6.07) is 12.4. The lowest BCUT2D eigenvalue weighted by molar-refractivity contribution is -0.120. The van der Waals surface area contributed by atoms with Crippen molar-refractivity contribution in [2.24, 2.45) is 0 Å². The molecule has 0 fully saturated rings. The summed E-state index contributed by atoms with van der Waals surface area (Å²) in [5.74, 6) is -1.97. The van der Waals surface area contributed by atoms with Gasteiger partial charge in [-0.05, 0) is 43.3 Å². The summed E-state index contributed by atoms with van der Waals surface area (Å²) in [6.07, 6.45) is 0. The predicted molar refractivity (Wildman–Crippen MR) is 100 cm³/mol. The molecule has 0 saturated heterocycles. The molecule has 1 aliphatic heterocycles. The fraction of sp³-hybridized carbons (Fsp3) is 0.105. The quantitative estimate of drug-likeness (QED) is 0.740. The fourth-order valence-corrected chi connectivity index (χ4v) is 2.80. The molecule has 0 unspecified atom stereocenters. The SMILES string of the molecule is CCOc1ccccc1N1C(=O)C(Cl)=C(Nc2ccc(C(=O)O)cc2)C1=O. The number of amides is 2. The molecule has 7 nitrogen and oxygen atoms in total. The Morgan fingerprint density at radius 2 is 1.78 bits per heavy atom. The van der Waals surface area contributed by atoms with Crippen LogP contribution in [0.5, 0.6) is 5.75 Å². The number of imide groups is 1. The Labute approximate surface area is 159 Å². The number of ether oxygens (including phenoxy) is 1. The van der Waals surface area contributed by atoms with E-state index in [1.165, 1.54) is 24.3 Å². The van der Waals surface area contributed by atoms with Gasteiger partial charge in [-0.2, -0.15) is 0 Å². The largest absolute Gasteiger partial charge is 0.492 e. The standard InChI is InChI=1S/C19H15ClN2O5/c1-2-27-14-6-4-3-5-13(14)22-17(23)15(20)16(18(22)24)21-12-9-7-11(8-10-12)19(25)26/h3-10,21H,2H2,1H3,(H,25,26). The van der Waals surface area contributed by atoms with Gasteiger partial charge in [0.1, 0.15) is 16.5 Å². The summed E-state index contributed by atoms with van der Waals surface area (Å²) in [5.41, 5.74) is 0.734. The van der Waals surface area contributed by atoms with Crippen LogP contribution in [0, 0.1) is 0 Å². The molecule has 2 amide bonds. The number of aromatic carboxylic acids is 1. The van der Waals surface area contributed by atoms with Crippen molar-refractivity contribution < 1.29 is 24.2 Å². The first-order valence-corrected chi connectivity index (χ1v) is 8.42. The van der Waals surface area contributed by atoms with E-state index < -0.39 is 17.8 Å². The Balaban J connectivity index is 1.89. The van der Waals surface area contributed by atoms with Crippen LogP contribution in [-0.2, 0) is 9.59 Å². The Bertz CT molecular complexity index is 953. The fourth-order valence-electron chi connectivity index (χ4n) is 2.59. The van der Waals surface area contributed by atoms with Gasteiger partial charge in [-0.3, -0.25) is 9.59 Å². The number of hydrogen-bond donors (Lipinski definition) is 2. The van der Waals surface area contributed by atoms with Crippen molar-refractivity contribution >= 4 is 40.8 Å². The molecule has 3 rings (SSSR count). The molecule has 0 aliphatic carbocycles. The summed E-state index contributed by atoms with van der Waals surface area (Å²) in [6.45, 7) is 2.17. The van der Waals surface area contributed by atoms with Crippen molar-refractivity contribution in [2.75, 3.05) is 16.8 Å². The first kappa shape index (κ1) is 18.5. The molecular weight excluding hydrogens is 372 g/mol. The zero-order chi connectivity index (χ0) is 19.6. The summed E-state index contributed by atoms with van der Waals surface area (Å²) in [4.78, 5) is 37.2. The number of para-hydroxylation sites is 2. The van der Waals surface area contributed by atoms with E-state index in [9.17, 15) is 14.4 Å². The van der Waals surface area contributed by atoms with Gasteiger partial charge in [-0.15, -0.1) is 0 Å². The van der Waals surface area contributed by atoms with E-state index >= 15 is 0 Å². The lowest BCUT2D eigenvalue weighted by Crippen LogP contribution is -2.32. The molecule has 1 heterocycles. The summed E-state index contributed by atoms with van der Waals surface area (Å²) in [7, 11) is 0. The van der Waals surface area contributed by atoms with Gasteiger partial charge in [0.15, 0.2) is 0 Å². The van der Waals surface area contributed by atoms with Crippen LogP contribution in [0.25, 0.3) is 0 Å². The van der Waals surface area contributed by atoms with E-state index in [0.717, 1.165) is 4.90 Å². The number of hydrogen-bond acceptors (Lipinski definition) is 5. The second-order valence-corrected chi connectivity index (χ2v) is 5.92. The second kappa shape index (κ2) is 7.51. The number of benzene rings is 2. The minimum absolute atomic E-state index is 0.0870. The first-order valence-electron chi connectivity index (χ1n) is 8.04. The lowest BCUT2D eigenvalue weighted by Gasteiger charge is -2.18. The van der Waals surface area contributed by atoms with Crippen molar-refractivity contribution in [3.8, 4) is 5.75 Å². The van der Waals surface area contributed by atoms with Gasteiger partial charge in [-0.25, -0.2) is 9.69 Å². The molecular formula is C19H15ClN2O5. The third-order valence-electron chi connectivity index (χ3n) is 3.83. The van der Waals surface area contributed by atoms with E-state index in [2.05, 4.69) is 5.32 Å². The van der Waals surface area contributed by atoms with Crippen molar-refractivity contribution in [1.29, 1.82) is 0 Å². The Morgan fingerprint density at radius 1 is 1.11 bits per heavy atom. The predicted octanol–water partition coefficient (Wildman–Crippen LogP) is 3.22. The molecule has 0 aromatic heterocycles. The normalized spacial score (nSPS) is 13.9. The van der Waals surface area contributed by atoms with Crippen LogP contribution in [0.4, 0.5) is 11.4 Å². The zero-order valence-electron chi connectivity index (χ0n) is 14.2. The maximum Gasteiger partial charge on any atom is 0.335 e. The first-order chi connectivity index (χ1) is 12.9. The molecule has 0 spiro atoms. The smallest absolute Gasteiger partial charge is 0.335 e. The molecule has 0 saturated carbocycles. The number of anilines is 2. The molecule has 0 radical (unpaired) electrons. The minimum Gasteiger partial charge on any atom is -0.492 e. The van der Waals surface area contributed by atoms with Crippen LogP contribution in [0.3, 0.4) is 0 Å². The van der Waals surface area contributed by atoms with E-state index in [1.54, 1.807) is 31.2 Å². The number of nitrogens with one attached hydrogen (secondary N) is 1. The van der Waals surface area contributed by atoms with Gasteiger partial charge in [0.2, 0.25) is 0 Å². The maximum atomic E-state index is 12.8. The molecule has 27 heavy (non-hydrogen) atoms. The van der Waals surface area contributed by atoms with Crippen LogP contribution < -0.4 is 15.0 Å². The van der Waals surface area contributed by atoms with Gasteiger partial charge < -0.3 is 15.2 Å². The average molecular weight is 387 g/mol. The van der Waals surface area contributed by atoms with Crippen molar-refractivity contribution in [3.63, 3.8) is 0 Å². The molecule has 138 valence electrons. The number of rotatable bonds is 6. The highest BCUT2D eigenvalue weighted by Gasteiger charge is 2.40. The monoisotopic (exact) mass is 386 g/mol. The third kappa shape index (κ3) is 3.50. The zero-order valence-corrected chi connectivity index (χ0v) is 15.0.